The molecule has 1 unspecified atom stereocenters. The Balaban J connectivity index is 1.42. The van der Waals surface area contributed by atoms with Crippen LogP contribution in [-0.2, 0) is 24.4 Å². The number of thioether (sulfide) groups is 1. The first kappa shape index (κ1) is 23.8. The summed E-state index contributed by atoms with van der Waals surface area (Å²) < 4.78 is 22.7. The van der Waals surface area contributed by atoms with Crippen molar-refractivity contribution in [3.63, 3.8) is 0 Å². The summed E-state index contributed by atoms with van der Waals surface area (Å²) in [6, 6.07) is 0.261. The van der Waals surface area contributed by atoms with E-state index in [0.29, 0.717) is 17.9 Å². The number of aliphatic hydroxyl groups is 1. The minimum atomic E-state index is -3.89. The molecule has 0 saturated carbocycles. The van der Waals surface area contributed by atoms with Gasteiger partial charge in [-0.25, -0.2) is 18.4 Å². The predicted molar refractivity (Wildman–Crippen MR) is 118 cm³/mol. The molecule has 2 fully saturated rings. The van der Waals surface area contributed by atoms with Crippen molar-refractivity contribution in [1.29, 1.82) is 0 Å². The number of nitrogens with two attached hydrogens (primary N) is 1. The lowest BCUT2D eigenvalue weighted by Crippen LogP contribution is -2.63. The maximum Gasteiger partial charge on any atom is 0.353 e. The van der Waals surface area contributed by atoms with Gasteiger partial charge in [0.1, 0.15) is 16.4 Å². The fraction of sp³-hybridized carbons (Fsp3) is 0.526. The largest absolute Gasteiger partial charge is 0.477 e. The number of hydrogen-bond acceptors (Lipinski definition) is 8. The number of nitrogens with one attached hydrogen (secondary N) is 3. The SMILES string of the molecule is CC1C(S[C@@H]2CN[C@H](C(=O)Nc3cc(S(N)(=O)=O)c[nH]3)C2)=C(C(=O)O)N2C(=O)[C@H]([C@@H](C)O)[C@@H]12. The van der Waals surface area contributed by atoms with Crippen molar-refractivity contribution in [3.05, 3.63) is 22.9 Å². The molecule has 4 rings (SSSR count). The van der Waals surface area contributed by atoms with Crippen LogP contribution in [0.3, 0.4) is 0 Å². The van der Waals surface area contributed by atoms with Gasteiger partial charge in [-0.1, -0.05) is 6.92 Å². The van der Waals surface area contributed by atoms with Gasteiger partial charge in [-0.15, -0.1) is 11.8 Å². The molecule has 4 heterocycles. The second kappa shape index (κ2) is 8.43. The fourth-order valence-electron chi connectivity index (χ4n) is 4.68. The van der Waals surface area contributed by atoms with Crippen LogP contribution in [0.5, 0.6) is 0 Å². The minimum Gasteiger partial charge on any atom is -0.477 e. The molecule has 6 atom stereocenters. The first-order chi connectivity index (χ1) is 15.4. The molecular formula is C19H25N5O7S2. The molecule has 3 aliphatic rings. The molecule has 1 aromatic heterocycles. The summed E-state index contributed by atoms with van der Waals surface area (Å²) >= 11 is 1.33. The number of primary sulfonamides is 1. The number of nitrogens with zero attached hydrogens (tertiary/aromatic N) is 1. The highest BCUT2D eigenvalue weighted by Crippen LogP contribution is 2.51. The Morgan fingerprint density at radius 1 is 1.39 bits per heavy atom. The Labute approximate surface area is 194 Å². The number of anilines is 1. The molecular weight excluding hydrogens is 474 g/mol. The average Bonchev–Trinajstić information content (AvgIpc) is 3.40. The molecule has 0 aliphatic carbocycles. The third-order valence-corrected chi connectivity index (χ3v) is 8.66. The molecule has 7 N–H and O–H groups in total. The first-order valence-electron chi connectivity index (χ1n) is 10.3. The number of hydrogen-bond donors (Lipinski definition) is 6. The van der Waals surface area contributed by atoms with Crippen molar-refractivity contribution in [2.75, 3.05) is 11.9 Å². The number of aromatic nitrogens is 1. The second-order valence-corrected chi connectivity index (χ2v) is 11.4. The maximum absolute atomic E-state index is 12.6. The molecule has 2 saturated heterocycles. The van der Waals surface area contributed by atoms with Crippen LogP contribution in [0, 0.1) is 11.8 Å². The van der Waals surface area contributed by atoms with Gasteiger partial charge in [0.2, 0.25) is 21.8 Å². The number of amides is 2. The molecule has 180 valence electrons. The number of aliphatic hydroxyl groups excluding tert-OH is 1. The summed E-state index contributed by atoms with van der Waals surface area (Å²) in [6.07, 6.45) is 0.712. The number of rotatable bonds is 7. The van der Waals surface area contributed by atoms with Gasteiger partial charge in [0.25, 0.3) is 0 Å². The lowest BCUT2D eigenvalue weighted by Gasteiger charge is -2.46. The van der Waals surface area contributed by atoms with Crippen molar-refractivity contribution in [2.24, 2.45) is 17.0 Å². The number of β-lactam (4-membered cyclic amide) rings is 1. The zero-order valence-electron chi connectivity index (χ0n) is 17.8. The molecule has 12 nitrogen and oxygen atoms in total. The van der Waals surface area contributed by atoms with E-state index in [9.17, 15) is 33.0 Å². The van der Waals surface area contributed by atoms with E-state index >= 15 is 0 Å². The zero-order chi connectivity index (χ0) is 24.2. The van der Waals surface area contributed by atoms with E-state index in [2.05, 4.69) is 15.6 Å². The zero-order valence-corrected chi connectivity index (χ0v) is 19.4. The van der Waals surface area contributed by atoms with E-state index in [1.807, 2.05) is 6.92 Å². The summed E-state index contributed by atoms with van der Waals surface area (Å²) in [5.74, 6) is -2.64. The van der Waals surface area contributed by atoms with Gasteiger partial charge in [-0.2, -0.15) is 0 Å². The summed E-state index contributed by atoms with van der Waals surface area (Å²) in [6.45, 7) is 3.81. The van der Waals surface area contributed by atoms with Crippen molar-refractivity contribution in [2.45, 2.75) is 48.6 Å². The van der Waals surface area contributed by atoms with Crippen LogP contribution in [0.2, 0.25) is 0 Å². The number of aliphatic carboxylic acids is 1. The third-order valence-electron chi connectivity index (χ3n) is 6.25. The molecule has 1 aromatic rings. The van der Waals surface area contributed by atoms with E-state index in [1.165, 1.54) is 35.8 Å². The van der Waals surface area contributed by atoms with Gasteiger partial charge in [0, 0.05) is 34.9 Å². The highest BCUT2D eigenvalue weighted by Gasteiger charge is 2.60. The van der Waals surface area contributed by atoms with Crippen LogP contribution in [0.15, 0.2) is 27.8 Å². The van der Waals surface area contributed by atoms with Crippen molar-refractivity contribution >= 4 is 45.4 Å². The molecule has 33 heavy (non-hydrogen) atoms. The second-order valence-electron chi connectivity index (χ2n) is 8.49. The van der Waals surface area contributed by atoms with Crippen molar-refractivity contribution < 1.29 is 33.0 Å². The lowest BCUT2D eigenvalue weighted by molar-refractivity contribution is -0.163. The van der Waals surface area contributed by atoms with Crippen LogP contribution in [0.1, 0.15) is 20.3 Å². The molecule has 3 aliphatic heterocycles. The Morgan fingerprint density at radius 2 is 2.09 bits per heavy atom. The molecule has 0 aromatic carbocycles. The van der Waals surface area contributed by atoms with Crippen LogP contribution in [0.4, 0.5) is 5.82 Å². The highest BCUT2D eigenvalue weighted by atomic mass is 32.2. The summed E-state index contributed by atoms with van der Waals surface area (Å²) in [4.78, 5) is 41.3. The Hall–Kier alpha value is -2.39. The molecule has 0 bridgehead atoms. The van der Waals surface area contributed by atoms with Crippen LogP contribution in [-0.4, -0.2) is 76.3 Å². The molecule has 0 radical (unpaired) electrons. The predicted octanol–water partition coefficient (Wildman–Crippen LogP) is -0.782. The standard InChI is InChI=1S/C19H25N5O7S2/c1-7-14-13(8(2)25)18(27)24(14)15(19(28)29)16(7)32-9-3-11(21-5-9)17(26)23-12-4-10(6-22-12)33(20,30)31/h4,6-9,11,13-14,21-22,25H,3,5H2,1-2H3,(H,23,26)(H,28,29)(H2,20,30,31)/t7?,8-,9+,11+,13-,14-/m1/s1. The van der Waals surface area contributed by atoms with Crippen molar-refractivity contribution in [3.8, 4) is 0 Å². The summed E-state index contributed by atoms with van der Waals surface area (Å²) in [5, 5.41) is 30.3. The number of aromatic amines is 1. The van der Waals surface area contributed by atoms with E-state index in [0.717, 1.165) is 0 Å². The quantitative estimate of drug-likeness (QED) is 0.261. The van der Waals surface area contributed by atoms with E-state index < -0.39 is 34.1 Å². The van der Waals surface area contributed by atoms with Gasteiger partial charge in [-0.3, -0.25) is 9.59 Å². The Morgan fingerprint density at radius 3 is 2.67 bits per heavy atom. The number of sulfonamides is 1. The van der Waals surface area contributed by atoms with Gasteiger partial charge < -0.3 is 30.7 Å². The smallest absolute Gasteiger partial charge is 0.353 e. The molecule has 14 heteroatoms. The normalized spacial score (nSPS) is 30.2. The number of carboxylic acid groups (broad SMARTS) is 1. The van der Waals surface area contributed by atoms with Crippen LogP contribution in [0.25, 0.3) is 0 Å². The van der Waals surface area contributed by atoms with Crippen LogP contribution >= 0.6 is 11.8 Å². The van der Waals surface area contributed by atoms with Crippen LogP contribution < -0.4 is 15.8 Å². The van der Waals surface area contributed by atoms with Gasteiger partial charge in [0.15, 0.2) is 0 Å². The number of carboxylic acids is 1. The van der Waals surface area contributed by atoms with Gasteiger partial charge in [-0.05, 0) is 13.3 Å². The average molecular weight is 500 g/mol. The first-order valence-corrected chi connectivity index (χ1v) is 12.7. The van der Waals surface area contributed by atoms with E-state index in [1.54, 1.807) is 0 Å². The fourth-order valence-corrected chi connectivity index (χ4v) is 6.67. The van der Waals surface area contributed by atoms with Gasteiger partial charge >= 0.3 is 5.97 Å². The monoisotopic (exact) mass is 499 g/mol. The van der Waals surface area contributed by atoms with Crippen molar-refractivity contribution in [1.82, 2.24) is 15.2 Å². The molecule has 2 amide bonds. The van der Waals surface area contributed by atoms with Gasteiger partial charge in [0.05, 0.1) is 24.1 Å². The Kier molecular flexibility index (Phi) is 6.07. The molecule has 0 spiro atoms. The van der Waals surface area contributed by atoms with E-state index in [-0.39, 0.29) is 45.4 Å². The Bertz CT molecular complexity index is 1150. The summed E-state index contributed by atoms with van der Waals surface area (Å²) in [7, 11) is -3.89. The minimum absolute atomic E-state index is 0.0470. The lowest BCUT2D eigenvalue weighted by atomic mass is 9.79. The topological polar surface area (TPSA) is 195 Å². The van der Waals surface area contributed by atoms with E-state index in [4.69, 9.17) is 5.14 Å². The highest BCUT2D eigenvalue weighted by molar-refractivity contribution is 8.03. The number of H-pyrrole nitrogens is 1. The summed E-state index contributed by atoms with van der Waals surface area (Å²) in [5.41, 5.74) is -0.0470. The number of carbonyl (C=O) groups is 3. The number of carbonyl (C=O) groups excluding carboxylic acids is 2. The maximum atomic E-state index is 12.6. The third kappa shape index (κ3) is 4.17. The number of fused-ring (bicyclic) bond motifs is 1.